The van der Waals surface area contributed by atoms with Crippen LogP contribution in [0.25, 0.3) is 0 Å². The molecule has 1 heteroatoms. The summed E-state index contributed by atoms with van der Waals surface area (Å²) in [7, 11) is 0. The first-order chi connectivity index (χ1) is 12.9. The van der Waals surface area contributed by atoms with Crippen LogP contribution in [0.4, 0.5) is 4.39 Å². The third kappa shape index (κ3) is 2.18. The first-order valence-electron chi connectivity index (χ1n) is 11.9. The Balaban J connectivity index is 1.78. The summed E-state index contributed by atoms with van der Waals surface area (Å²) in [4.78, 5) is 0. The second-order valence-corrected chi connectivity index (χ2v) is 12.4. The normalized spacial score (nSPS) is 52.4. The molecule has 4 fully saturated rings. The topological polar surface area (TPSA) is 0 Å². The fourth-order valence-corrected chi connectivity index (χ4v) is 9.75. The number of rotatable bonds is 1. The van der Waals surface area contributed by atoms with Crippen molar-refractivity contribution >= 4 is 0 Å². The summed E-state index contributed by atoms with van der Waals surface area (Å²) in [5.41, 5.74) is 2.72. The van der Waals surface area contributed by atoms with Gasteiger partial charge in [0, 0.05) is 11.3 Å². The number of alkyl halides is 1. The van der Waals surface area contributed by atoms with Gasteiger partial charge in [-0.05, 0) is 93.3 Å². The maximum Gasteiger partial charge on any atom is 0.123 e. The Bertz CT molecular complexity index is 712. The van der Waals surface area contributed by atoms with E-state index in [9.17, 15) is 0 Å². The second-order valence-electron chi connectivity index (χ2n) is 12.4. The van der Waals surface area contributed by atoms with Crippen molar-refractivity contribution in [1.29, 1.82) is 0 Å². The van der Waals surface area contributed by atoms with E-state index in [1.165, 1.54) is 31.3 Å². The van der Waals surface area contributed by atoms with E-state index in [2.05, 4.69) is 55.0 Å². The van der Waals surface area contributed by atoms with Gasteiger partial charge in [0.25, 0.3) is 0 Å². The van der Waals surface area contributed by atoms with E-state index in [1.54, 1.807) is 5.57 Å². The third-order valence-electron chi connectivity index (χ3n) is 11.3. The lowest BCUT2D eigenvalue weighted by Crippen LogP contribution is -2.66. The lowest BCUT2D eigenvalue weighted by atomic mass is 9.35. The first kappa shape index (κ1) is 20.7. The summed E-state index contributed by atoms with van der Waals surface area (Å²) >= 11 is 0. The van der Waals surface area contributed by atoms with E-state index in [1.807, 2.05) is 6.08 Å². The third-order valence-corrected chi connectivity index (χ3v) is 11.3. The van der Waals surface area contributed by atoms with Crippen molar-refractivity contribution in [3.63, 3.8) is 0 Å². The lowest BCUT2D eigenvalue weighted by Gasteiger charge is -2.70. The summed E-state index contributed by atoms with van der Waals surface area (Å²) in [5, 5.41) is 0. The minimum Gasteiger partial charge on any atom is -0.243 e. The van der Waals surface area contributed by atoms with Crippen LogP contribution in [0.15, 0.2) is 23.8 Å². The van der Waals surface area contributed by atoms with E-state index in [-0.39, 0.29) is 22.2 Å². The molecule has 0 N–H and O–H groups in total. The number of hydrogen-bond acceptors (Lipinski definition) is 0. The molecule has 4 saturated carbocycles. The van der Waals surface area contributed by atoms with Gasteiger partial charge >= 0.3 is 0 Å². The number of hydrogen-bond donors (Lipinski definition) is 0. The molecule has 0 aliphatic heterocycles. The number of fused-ring (bicyclic) bond motifs is 5. The molecule has 4 rings (SSSR count). The predicted molar refractivity (Wildman–Crippen MR) is 118 cm³/mol. The molecule has 7 atom stereocenters. The van der Waals surface area contributed by atoms with Gasteiger partial charge in [0.15, 0.2) is 0 Å². The van der Waals surface area contributed by atoms with Gasteiger partial charge in [-0.25, -0.2) is 4.39 Å². The highest BCUT2D eigenvalue weighted by atomic mass is 19.1. The average molecular weight is 387 g/mol. The molecule has 4 aliphatic carbocycles. The Morgan fingerprint density at radius 3 is 2.18 bits per heavy atom. The van der Waals surface area contributed by atoms with E-state index < -0.39 is 5.67 Å². The average Bonchev–Trinajstić information content (AvgIpc) is 2.86. The van der Waals surface area contributed by atoms with Gasteiger partial charge in [-0.15, -0.1) is 6.58 Å². The summed E-state index contributed by atoms with van der Waals surface area (Å²) in [6, 6.07) is 0. The minimum absolute atomic E-state index is 0.0564. The molecule has 28 heavy (non-hydrogen) atoms. The van der Waals surface area contributed by atoms with Crippen LogP contribution in [0.2, 0.25) is 0 Å². The Kier molecular flexibility index (Phi) is 4.41. The Morgan fingerprint density at radius 2 is 1.57 bits per heavy atom. The Morgan fingerprint density at radius 1 is 0.929 bits per heavy atom. The SMILES string of the molecule is C=C[C@H]1CC[C@@]2(C)[C@]3(C)CC[C@H]4C(C)(C)C(=C(C)C)CC[C@]4(C)[C@H]3CC[C@]12F. The summed E-state index contributed by atoms with van der Waals surface area (Å²) in [5.74, 6) is 1.43. The highest BCUT2D eigenvalue weighted by Gasteiger charge is 2.73. The summed E-state index contributed by atoms with van der Waals surface area (Å²) < 4.78 is 16.6. The fraction of sp³-hybridized carbons (Fsp3) is 0.852. The van der Waals surface area contributed by atoms with Crippen molar-refractivity contribution in [2.45, 2.75) is 106 Å². The van der Waals surface area contributed by atoms with Crippen LogP contribution in [0.5, 0.6) is 0 Å². The number of halogens is 1. The highest BCUT2D eigenvalue weighted by Crippen LogP contribution is 2.77. The van der Waals surface area contributed by atoms with Crippen LogP contribution in [0, 0.1) is 39.4 Å². The van der Waals surface area contributed by atoms with Gasteiger partial charge in [-0.2, -0.15) is 0 Å². The molecule has 4 aliphatic rings. The second kappa shape index (κ2) is 5.98. The van der Waals surface area contributed by atoms with E-state index >= 15 is 4.39 Å². The van der Waals surface area contributed by atoms with E-state index in [0.717, 1.165) is 31.6 Å². The zero-order valence-electron chi connectivity index (χ0n) is 19.6. The van der Waals surface area contributed by atoms with E-state index in [4.69, 9.17) is 0 Å². The molecule has 0 amide bonds. The monoisotopic (exact) mass is 386 g/mol. The molecule has 0 aromatic carbocycles. The molecule has 0 nitrogen and oxygen atoms in total. The molecule has 0 unspecified atom stereocenters. The Labute approximate surface area is 173 Å². The lowest BCUT2D eigenvalue weighted by molar-refractivity contribution is -0.224. The van der Waals surface area contributed by atoms with Crippen molar-refractivity contribution in [2.24, 2.45) is 39.4 Å². The maximum atomic E-state index is 16.6. The van der Waals surface area contributed by atoms with Crippen molar-refractivity contribution in [2.75, 3.05) is 0 Å². The minimum atomic E-state index is -1.04. The van der Waals surface area contributed by atoms with Crippen molar-refractivity contribution < 1.29 is 4.39 Å². The smallest absolute Gasteiger partial charge is 0.123 e. The van der Waals surface area contributed by atoms with Crippen LogP contribution < -0.4 is 0 Å². The quantitative estimate of drug-likeness (QED) is 0.398. The van der Waals surface area contributed by atoms with Gasteiger partial charge in [0.2, 0.25) is 0 Å². The largest absolute Gasteiger partial charge is 0.243 e. The van der Waals surface area contributed by atoms with Gasteiger partial charge in [-0.1, -0.05) is 51.8 Å². The molecule has 0 saturated heterocycles. The standard InChI is InChI=1S/C27H43F/c1-9-19-10-16-26(8)25(7)15-12-21-23(4,5)20(18(2)3)11-14-24(21,6)22(25)13-17-27(19,26)28/h9,19,21-22H,1,10-17H2,2-8H3/t19-,21-,22+,24-,25+,26-,27-/m0/s1. The summed E-state index contributed by atoms with van der Waals surface area (Å²) in [6.45, 7) is 21.0. The van der Waals surface area contributed by atoms with Crippen LogP contribution in [0.3, 0.4) is 0 Å². The molecule has 0 bridgehead atoms. The zero-order chi connectivity index (χ0) is 20.8. The summed E-state index contributed by atoms with van der Waals surface area (Å²) in [6.07, 6.45) is 10.8. The van der Waals surface area contributed by atoms with Gasteiger partial charge in [-0.3, -0.25) is 0 Å². The molecule has 0 spiro atoms. The molecule has 0 aromatic rings. The molecule has 0 heterocycles. The van der Waals surface area contributed by atoms with Crippen molar-refractivity contribution in [3.05, 3.63) is 23.8 Å². The predicted octanol–water partition coefficient (Wildman–Crippen LogP) is 8.29. The van der Waals surface area contributed by atoms with Crippen molar-refractivity contribution in [1.82, 2.24) is 0 Å². The van der Waals surface area contributed by atoms with Gasteiger partial charge in [0.05, 0.1) is 0 Å². The van der Waals surface area contributed by atoms with E-state index in [0.29, 0.717) is 11.3 Å². The van der Waals surface area contributed by atoms with Crippen LogP contribution in [-0.4, -0.2) is 5.67 Å². The van der Waals surface area contributed by atoms with Crippen LogP contribution >= 0.6 is 0 Å². The van der Waals surface area contributed by atoms with Gasteiger partial charge < -0.3 is 0 Å². The number of allylic oxidation sites excluding steroid dienone is 3. The van der Waals surface area contributed by atoms with Crippen molar-refractivity contribution in [3.8, 4) is 0 Å². The van der Waals surface area contributed by atoms with Crippen LogP contribution in [0.1, 0.15) is 99.8 Å². The first-order valence-corrected chi connectivity index (χ1v) is 11.9. The fourth-order valence-electron chi connectivity index (χ4n) is 9.75. The maximum absolute atomic E-state index is 16.6. The van der Waals surface area contributed by atoms with Crippen LogP contribution in [-0.2, 0) is 0 Å². The highest BCUT2D eigenvalue weighted by molar-refractivity contribution is 5.29. The zero-order valence-corrected chi connectivity index (χ0v) is 19.6. The molecule has 0 aromatic heterocycles. The molecule has 158 valence electrons. The molecular weight excluding hydrogens is 343 g/mol. The Hall–Kier alpha value is -0.590. The van der Waals surface area contributed by atoms with Gasteiger partial charge in [0.1, 0.15) is 5.67 Å². The molecule has 0 radical (unpaired) electrons. The molecular formula is C27H43F.